The molecule has 1 saturated heterocycles. The fourth-order valence-electron chi connectivity index (χ4n) is 2.92. The number of hydrogen-bond donors (Lipinski definition) is 1. The van der Waals surface area contributed by atoms with Crippen molar-refractivity contribution in [1.29, 1.82) is 0 Å². The molecule has 3 heteroatoms. The monoisotopic (exact) mass is 254 g/mol. The topological polar surface area (TPSA) is 24.4 Å². The van der Waals surface area contributed by atoms with Gasteiger partial charge in [-0.2, -0.15) is 0 Å². The molecule has 1 heterocycles. The van der Waals surface area contributed by atoms with Gasteiger partial charge in [0.2, 0.25) is 0 Å². The van der Waals surface area contributed by atoms with Gasteiger partial charge in [-0.05, 0) is 31.1 Å². The first kappa shape index (κ1) is 13.3. The predicted octanol–water partition coefficient (Wildman–Crippen LogP) is 3.67. The molecule has 2 aliphatic rings. The summed E-state index contributed by atoms with van der Waals surface area (Å²) in [5, 5.41) is 4.70. The van der Waals surface area contributed by atoms with Gasteiger partial charge < -0.3 is 5.32 Å². The summed E-state index contributed by atoms with van der Waals surface area (Å²) >= 11 is 1.90. The van der Waals surface area contributed by atoms with Crippen LogP contribution in [0.1, 0.15) is 52.4 Å². The Morgan fingerprint density at radius 3 is 3.00 bits per heavy atom. The molecule has 1 aliphatic heterocycles. The molecule has 0 radical (unpaired) electrons. The van der Waals surface area contributed by atoms with Crippen LogP contribution in [0.25, 0.3) is 0 Å². The van der Waals surface area contributed by atoms with E-state index in [1.54, 1.807) is 0 Å². The van der Waals surface area contributed by atoms with E-state index in [-0.39, 0.29) is 0 Å². The highest BCUT2D eigenvalue weighted by molar-refractivity contribution is 8.14. The zero-order valence-electron chi connectivity index (χ0n) is 11.2. The molecule has 0 aromatic heterocycles. The Morgan fingerprint density at radius 1 is 1.41 bits per heavy atom. The fourth-order valence-corrected chi connectivity index (χ4v) is 4.03. The van der Waals surface area contributed by atoms with Crippen LogP contribution < -0.4 is 5.32 Å². The summed E-state index contributed by atoms with van der Waals surface area (Å²) in [5.41, 5.74) is 0. The second-order valence-electron chi connectivity index (χ2n) is 5.67. The Bertz CT molecular complexity index is 265. The molecule has 0 aromatic rings. The molecule has 3 unspecified atom stereocenters. The minimum Gasteiger partial charge on any atom is -0.361 e. The fraction of sp³-hybridized carbons (Fsp3) is 0.929. The maximum atomic E-state index is 4.71. The van der Waals surface area contributed by atoms with Gasteiger partial charge in [0.05, 0.1) is 0 Å². The molecule has 1 N–H and O–H groups in total. The van der Waals surface area contributed by atoms with Crippen molar-refractivity contribution in [3.63, 3.8) is 0 Å². The summed E-state index contributed by atoms with van der Waals surface area (Å²) in [4.78, 5) is 4.71. The predicted molar refractivity (Wildman–Crippen MR) is 77.7 cm³/mol. The smallest absolute Gasteiger partial charge is 0.156 e. The van der Waals surface area contributed by atoms with Crippen LogP contribution in [0, 0.1) is 11.8 Å². The first-order valence-electron chi connectivity index (χ1n) is 7.21. The maximum Gasteiger partial charge on any atom is 0.156 e. The number of hydrogen-bond acceptors (Lipinski definition) is 2. The second-order valence-corrected chi connectivity index (χ2v) is 6.68. The molecule has 0 amide bonds. The molecule has 1 saturated carbocycles. The number of rotatable bonds is 4. The number of nitrogens with one attached hydrogen (secondary N) is 1. The van der Waals surface area contributed by atoms with E-state index in [2.05, 4.69) is 19.2 Å². The largest absolute Gasteiger partial charge is 0.361 e. The van der Waals surface area contributed by atoms with Gasteiger partial charge in [-0.1, -0.05) is 44.9 Å². The maximum absolute atomic E-state index is 4.71. The second kappa shape index (κ2) is 6.67. The van der Waals surface area contributed by atoms with Crippen LogP contribution in [0.3, 0.4) is 0 Å². The summed E-state index contributed by atoms with van der Waals surface area (Å²) < 4.78 is 0. The Labute approximate surface area is 110 Å². The molecule has 0 aromatic carbocycles. The van der Waals surface area contributed by atoms with E-state index in [4.69, 9.17) is 4.99 Å². The van der Waals surface area contributed by atoms with Crippen LogP contribution >= 0.6 is 11.8 Å². The van der Waals surface area contributed by atoms with Crippen molar-refractivity contribution in [3.8, 4) is 0 Å². The quantitative estimate of drug-likeness (QED) is 0.827. The standard InChI is InChI=1S/C14H26N2S/c1-3-13-10-17-14(16-13)15-8-7-12-6-4-5-11(2)9-12/h11-13H,3-10H2,1-2H3,(H,15,16). The van der Waals surface area contributed by atoms with E-state index in [0.717, 1.165) is 18.4 Å². The Hall–Kier alpha value is -0.180. The highest BCUT2D eigenvalue weighted by atomic mass is 32.2. The van der Waals surface area contributed by atoms with Gasteiger partial charge in [0.25, 0.3) is 0 Å². The third-order valence-corrected chi connectivity index (χ3v) is 5.17. The van der Waals surface area contributed by atoms with E-state index < -0.39 is 0 Å². The van der Waals surface area contributed by atoms with Crippen molar-refractivity contribution in [1.82, 2.24) is 5.32 Å². The lowest BCUT2D eigenvalue weighted by molar-refractivity contribution is 0.273. The molecular formula is C14H26N2S. The molecule has 2 nitrogen and oxygen atoms in total. The van der Waals surface area contributed by atoms with Gasteiger partial charge in [0.1, 0.15) is 0 Å². The summed E-state index contributed by atoms with van der Waals surface area (Å²) in [7, 11) is 0. The lowest BCUT2D eigenvalue weighted by Crippen LogP contribution is -2.26. The number of amidine groups is 1. The van der Waals surface area contributed by atoms with E-state index in [1.165, 1.54) is 49.4 Å². The molecule has 0 spiro atoms. The van der Waals surface area contributed by atoms with Gasteiger partial charge >= 0.3 is 0 Å². The van der Waals surface area contributed by atoms with E-state index in [1.807, 2.05) is 11.8 Å². The van der Waals surface area contributed by atoms with E-state index in [9.17, 15) is 0 Å². The van der Waals surface area contributed by atoms with Crippen molar-refractivity contribution in [3.05, 3.63) is 0 Å². The van der Waals surface area contributed by atoms with Gasteiger partial charge in [-0.25, -0.2) is 0 Å². The Balaban J connectivity index is 1.67. The number of nitrogens with zero attached hydrogens (tertiary/aromatic N) is 1. The first-order chi connectivity index (χ1) is 8.28. The zero-order chi connectivity index (χ0) is 12.1. The average Bonchev–Trinajstić information content (AvgIpc) is 2.77. The Morgan fingerprint density at radius 2 is 2.29 bits per heavy atom. The first-order valence-corrected chi connectivity index (χ1v) is 8.20. The van der Waals surface area contributed by atoms with Crippen molar-refractivity contribution in [2.24, 2.45) is 16.8 Å². The van der Waals surface area contributed by atoms with Crippen LogP contribution in [-0.4, -0.2) is 23.5 Å². The summed E-state index contributed by atoms with van der Waals surface area (Å²) in [6.07, 6.45) is 8.27. The summed E-state index contributed by atoms with van der Waals surface area (Å²) in [6.45, 7) is 5.67. The van der Waals surface area contributed by atoms with Gasteiger partial charge in [-0.15, -0.1) is 0 Å². The van der Waals surface area contributed by atoms with Crippen LogP contribution in [0.4, 0.5) is 0 Å². The zero-order valence-corrected chi connectivity index (χ0v) is 12.1. The molecule has 1 aliphatic carbocycles. The van der Waals surface area contributed by atoms with Crippen LogP contribution in [-0.2, 0) is 0 Å². The molecule has 17 heavy (non-hydrogen) atoms. The van der Waals surface area contributed by atoms with Crippen molar-refractivity contribution in [2.75, 3.05) is 12.3 Å². The molecular weight excluding hydrogens is 228 g/mol. The minimum atomic E-state index is 0.661. The third-order valence-electron chi connectivity index (χ3n) is 4.08. The van der Waals surface area contributed by atoms with Gasteiger partial charge in [-0.3, -0.25) is 4.99 Å². The van der Waals surface area contributed by atoms with Crippen molar-refractivity contribution < 1.29 is 0 Å². The SMILES string of the molecule is CCC1CSC(=NCCC2CCCC(C)C2)N1. The molecule has 2 rings (SSSR count). The number of aliphatic imine (C=N–C) groups is 1. The van der Waals surface area contributed by atoms with Gasteiger partial charge in [0, 0.05) is 18.3 Å². The van der Waals surface area contributed by atoms with Crippen LogP contribution in [0.2, 0.25) is 0 Å². The van der Waals surface area contributed by atoms with Crippen molar-refractivity contribution >= 4 is 16.9 Å². The average molecular weight is 254 g/mol. The van der Waals surface area contributed by atoms with Gasteiger partial charge in [0.15, 0.2) is 5.17 Å². The molecule has 98 valence electrons. The normalized spacial score (nSPS) is 36.1. The van der Waals surface area contributed by atoms with E-state index >= 15 is 0 Å². The molecule has 3 atom stereocenters. The number of thioether (sulfide) groups is 1. The summed E-state index contributed by atoms with van der Waals surface area (Å²) in [5.74, 6) is 3.09. The highest BCUT2D eigenvalue weighted by Crippen LogP contribution is 2.30. The van der Waals surface area contributed by atoms with Crippen molar-refractivity contribution in [2.45, 2.75) is 58.4 Å². The minimum absolute atomic E-state index is 0.661. The Kier molecular flexibility index (Phi) is 5.20. The lowest BCUT2D eigenvalue weighted by atomic mass is 9.81. The van der Waals surface area contributed by atoms with E-state index in [0.29, 0.717) is 6.04 Å². The third kappa shape index (κ3) is 4.20. The van der Waals surface area contributed by atoms with Crippen LogP contribution in [0.5, 0.6) is 0 Å². The molecule has 0 bridgehead atoms. The van der Waals surface area contributed by atoms with Crippen LogP contribution in [0.15, 0.2) is 4.99 Å². The lowest BCUT2D eigenvalue weighted by Gasteiger charge is -2.26. The highest BCUT2D eigenvalue weighted by Gasteiger charge is 2.20. The summed E-state index contributed by atoms with van der Waals surface area (Å²) in [6, 6.07) is 0.661. The molecule has 2 fully saturated rings.